The van der Waals surface area contributed by atoms with Crippen molar-refractivity contribution in [1.29, 1.82) is 0 Å². The number of hydrogen-bond acceptors (Lipinski definition) is 4. The number of esters is 1. The number of carbonyl (C=O) groups excluding carboxylic acids is 1. The van der Waals surface area contributed by atoms with E-state index < -0.39 is 5.97 Å². The van der Waals surface area contributed by atoms with E-state index in [0.717, 1.165) is 12.2 Å². The van der Waals surface area contributed by atoms with Crippen LogP contribution in [0.4, 0.5) is 5.82 Å². The van der Waals surface area contributed by atoms with Crippen molar-refractivity contribution in [2.45, 2.75) is 45.6 Å². The number of nitrogens with two attached hydrogens (primary N) is 1. The maximum absolute atomic E-state index is 11.6. The van der Waals surface area contributed by atoms with Crippen LogP contribution in [0.3, 0.4) is 0 Å². The summed E-state index contributed by atoms with van der Waals surface area (Å²) in [6, 6.07) is 0.305. The number of ether oxygens (including phenoxy) is 1. The lowest BCUT2D eigenvalue weighted by Gasteiger charge is -2.33. The molecule has 0 radical (unpaired) electrons. The summed E-state index contributed by atoms with van der Waals surface area (Å²) in [4.78, 5) is 15.9. The fourth-order valence-corrected chi connectivity index (χ4v) is 2.58. The minimum absolute atomic E-state index is 0.250. The average molecular weight is 251 g/mol. The lowest BCUT2D eigenvalue weighted by Crippen LogP contribution is -2.25. The summed E-state index contributed by atoms with van der Waals surface area (Å²) in [5.74, 6) is 1.50. The van der Waals surface area contributed by atoms with E-state index in [2.05, 4.69) is 11.9 Å². The van der Waals surface area contributed by atoms with Crippen molar-refractivity contribution in [3.8, 4) is 0 Å². The first-order chi connectivity index (χ1) is 8.60. The molecule has 2 rings (SSSR count). The van der Waals surface area contributed by atoms with Crippen LogP contribution < -0.4 is 5.73 Å². The summed E-state index contributed by atoms with van der Waals surface area (Å²) >= 11 is 0. The SMILES string of the molecule is CCc1nc(C(=O)OC)c(N)n1C(C)C1CCC1. The first-order valence-electron chi connectivity index (χ1n) is 6.55. The van der Waals surface area contributed by atoms with Crippen LogP contribution in [0, 0.1) is 5.92 Å². The summed E-state index contributed by atoms with van der Waals surface area (Å²) in [7, 11) is 1.35. The third-order valence-electron chi connectivity index (χ3n) is 3.96. The number of aryl methyl sites for hydroxylation is 1. The van der Waals surface area contributed by atoms with Crippen molar-refractivity contribution in [3.05, 3.63) is 11.5 Å². The molecule has 0 saturated heterocycles. The van der Waals surface area contributed by atoms with Crippen molar-refractivity contribution in [2.24, 2.45) is 5.92 Å². The van der Waals surface area contributed by atoms with E-state index in [-0.39, 0.29) is 5.69 Å². The summed E-state index contributed by atoms with van der Waals surface area (Å²) < 4.78 is 6.73. The number of methoxy groups -OCH3 is 1. The smallest absolute Gasteiger partial charge is 0.360 e. The highest BCUT2D eigenvalue weighted by atomic mass is 16.5. The molecule has 1 saturated carbocycles. The first kappa shape index (κ1) is 12.9. The Hall–Kier alpha value is -1.52. The maximum atomic E-state index is 11.6. The van der Waals surface area contributed by atoms with Gasteiger partial charge in [0.25, 0.3) is 0 Å². The zero-order valence-electron chi connectivity index (χ0n) is 11.3. The molecule has 0 bridgehead atoms. The maximum Gasteiger partial charge on any atom is 0.360 e. The number of aromatic nitrogens is 2. The number of carbonyl (C=O) groups is 1. The summed E-state index contributed by atoms with van der Waals surface area (Å²) in [6.45, 7) is 4.18. The van der Waals surface area contributed by atoms with Gasteiger partial charge in [-0.15, -0.1) is 0 Å². The lowest BCUT2D eigenvalue weighted by molar-refractivity contribution is 0.0595. The third-order valence-corrected chi connectivity index (χ3v) is 3.96. The summed E-state index contributed by atoms with van der Waals surface area (Å²) in [5.41, 5.74) is 6.32. The molecule has 2 N–H and O–H groups in total. The van der Waals surface area contributed by atoms with Gasteiger partial charge in [-0.1, -0.05) is 13.3 Å². The van der Waals surface area contributed by atoms with Crippen LogP contribution in [0.15, 0.2) is 0 Å². The van der Waals surface area contributed by atoms with Crippen LogP contribution in [-0.2, 0) is 11.2 Å². The van der Waals surface area contributed by atoms with Crippen molar-refractivity contribution < 1.29 is 9.53 Å². The lowest BCUT2D eigenvalue weighted by atomic mass is 9.80. The van der Waals surface area contributed by atoms with Gasteiger partial charge in [-0.3, -0.25) is 0 Å². The van der Waals surface area contributed by atoms with Crippen molar-refractivity contribution >= 4 is 11.8 Å². The molecule has 1 atom stereocenters. The normalized spacial score (nSPS) is 17.3. The Balaban J connectivity index is 2.38. The van der Waals surface area contributed by atoms with Crippen LogP contribution in [0.2, 0.25) is 0 Å². The van der Waals surface area contributed by atoms with Crippen molar-refractivity contribution in [3.63, 3.8) is 0 Å². The third kappa shape index (κ3) is 1.98. The van der Waals surface area contributed by atoms with Gasteiger partial charge in [0.2, 0.25) is 0 Å². The van der Waals surface area contributed by atoms with Gasteiger partial charge in [-0.2, -0.15) is 0 Å². The molecule has 1 unspecified atom stereocenters. The minimum atomic E-state index is -0.457. The minimum Gasteiger partial charge on any atom is -0.464 e. The molecule has 1 aliphatic carbocycles. The van der Waals surface area contributed by atoms with E-state index in [1.807, 2.05) is 11.5 Å². The quantitative estimate of drug-likeness (QED) is 0.833. The van der Waals surface area contributed by atoms with Gasteiger partial charge in [0.05, 0.1) is 7.11 Å². The monoisotopic (exact) mass is 251 g/mol. The number of hydrogen-bond donors (Lipinski definition) is 1. The molecule has 5 heteroatoms. The molecule has 100 valence electrons. The fraction of sp³-hybridized carbons (Fsp3) is 0.692. The van der Waals surface area contributed by atoms with Crippen LogP contribution in [-0.4, -0.2) is 22.6 Å². The summed E-state index contributed by atoms with van der Waals surface area (Å²) in [5, 5.41) is 0. The van der Waals surface area contributed by atoms with E-state index in [9.17, 15) is 4.79 Å². The second kappa shape index (κ2) is 5.00. The van der Waals surface area contributed by atoms with Crippen LogP contribution in [0.5, 0.6) is 0 Å². The molecule has 1 aromatic rings. The van der Waals surface area contributed by atoms with Gasteiger partial charge in [0.1, 0.15) is 11.6 Å². The number of nitrogens with zero attached hydrogens (tertiary/aromatic N) is 2. The Morgan fingerprint density at radius 2 is 2.28 bits per heavy atom. The first-order valence-corrected chi connectivity index (χ1v) is 6.55. The van der Waals surface area contributed by atoms with E-state index in [4.69, 9.17) is 10.5 Å². The number of anilines is 1. The Bertz CT molecular complexity index is 449. The van der Waals surface area contributed by atoms with Gasteiger partial charge in [-0.05, 0) is 25.7 Å². The van der Waals surface area contributed by atoms with E-state index >= 15 is 0 Å². The molecule has 5 nitrogen and oxygen atoms in total. The van der Waals surface area contributed by atoms with Crippen LogP contribution in [0.25, 0.3) is 0 Å². The van der Waals surface area contributed by atoms with Gasteiger partial charge in [0.15, 0.2) is 5.69 Å². The largest absolute Gasteiger partial charge is 0.464 e. The summed E-state index contributed by atoms with van der Waals surface area (Å²) in [6.07, 6.45) is 4.51. The van der Waals surface area contributed by atoms with Gasteiger partial charge in [0, 0.05) is 12.5 Å². The van der Waals surface area contributed by atoms with Gasteiger partial charge in [-0.25, -0.2) is 9.78 Å². The van der Waals surface area contributed by atoms with Gasteiger partial charge < -0.3 is 15.0 Å². The highest BCUT2D eigenvalue weighted by molar-refractivity contribution is 5.92. The van der Waals surface area contributed by atoms with E-state index in [1.54, 1.807) is 0 Å². The molecular formula is C13H21N3O2. The van der Waals surface area contributed by atoms with Gasteiger partial charge >= 0.3 is 5.97 Å². The Labute approximate surface area is 107 Å². The molecule has 18 heavy (non-hydrogen) atoms. The Morgan fingerprint density at radius 1 is 1.61 bits per heavy atom. The fourth-order valence-electron chi connectivity index (χ4n) is 2.58. The van der Waals surface area contributed by atoms with E-state index in [1.165, 1.54) is 26.4 Å². The molecule has 1 aliphatic rings. The molecular weight excluding hydrogens is 230 g/mol. The second-order valence-corrected chi connectivity index (χ2v) is 4.91. The average Bonchev–Trinajstić information content (AvgIpc) is 2.62. The Morgan fingerprint density at radius 3 is 2.72 bits per heavy atom. The molecule has 1 heterocycles. The zero-order valence-corrected chi connectivity index (χ0v) is 11.3. The zero-order chi connectivity index (χ0) is 13.3. The van der Waals surface area contributed by atoms with E-state index in [0.29, 0.717) is 17.8 Å². The predicted octanol–water partition coefficient (Wildman–Crippen LogP) is 2.18. The molecule has 0 spiro atoms. The molecule has 1 fully saturated rings. The number of nitrogen functional groups attached to an aromatic ring is 1. The predicted molar refractivity (Wildman–Crippen MR) is 69.4 cm³/mol. The highest BCUT2D eigenvalue weighted by Crippen LogP contribution is 2.38. The number of rotatable bonds is 4. The number of imidazole rings is 1. The van der Waals surface area contributed by atoms with Crippen molar-refractivity contribution in [2.75, 3.05) is 12.8 Å². The van der Waals surface area contributed by atoms with Crippen molar-refractivity contribution in [1.82, 2.24) is 9.55 Å². The van der Waals surface area contributed by atoms with Crippen LogP contribution in [0.1, 0.15) is 55.5 Å². The topological polar surface area (TPSA) is 70.1 Å². The molecule has 0 amide bonds. The molecule has 0 aromatic carbocycles. The Kier molecular flexibility index (Phi) is 3.59. The molecule has 0 aliphatic heterocycles. The highest BCUT2D eigenvalue weighted by Gasteiger charge is 2.30. The standard InChI is InChI=1S/C13H21N3O2/c1-4-10-15-11(13(17)18-3)12(14)16(10)8(2)9-6-5-7-9/h8-9H,4-7,14H2,1-3H3. The molecule has 1 aromatic heterocycles. The second-order valence-electron chi connectivity index (χ2n) is 4.91. The van der Waals surface area contributed by atoms with Crippen LogP contribution >= 0.6 is 0 Å².